The maximum Gasteiger partial charge on any atom is 0.124 e. The van der Waals surface area contributed by atoms with Crippen molar-refractivity contribution < 1.29 is 9.13 Å². The molecular weight excluding hydrogens is 277 g/mol. The number of benzene rings is 2. The predicted molar refractivity (Wildman–Crippen MR) is 79.5 cm³/mol. The van der Waals surface area contributed by atoms with Gasteiger partial charge in [-0.3, -0.25) is 0 Å². The molecule has 0 aliphatic carbocycles. The quantitative estimate of drug-likeness (QED) is 0.907. The van der Waals surface area contributed by atoms with Crippen LogP contribution in [-0.2, 0) is 6.61 Å². The van der Waals surface area contributed by atoms with Crippen LogP contribution in [0, 0.1) is 12.7 Å². The Morgan fingerprint density at radius 1 is 1.25 bits per heavy atom. The summed E-state index contributed by atoms with van der Waals surface area (Å²) in [7, 11) is 0. The van der Waals surface area contributed by atoms with Gasteiger partial charge in [-0.25, -0.2) is 4.39 Å². The van der Waals surface area contributed by atoms with E-state index in [9.17, 15) is 4.39 Å². The fourth-order valence-electron chi connectivity index (χ4n) is 1.93. The first-order chi connectivity index (χ1) is 9.47. The Morgan fingerprint density at radius 2 is 2.00 bits per heavy atom. The highest BCUT2D eigenvalue weighted by molar-refractivity contribution is 6.31. The van der Waals surface area contributed by atoms with E-state index in [1.165, 1.54) is 12.1 Å². The van der Waals surface area contributed by atoms with Gasteiger partial charge >= 0.3 is 0 Å². The fraction of sp³-hybridized carbons (Fsp3) is 0.250. The highest BCUT2D eigenvalue weighted by Crippen LogP contribution is 2.27. The van der Waals surface area contributed by atoms with Crippen LogP contribution in [0.15, 0.2) is 36.4 Å². The van der Waals surface area contributed by atoms with Crippen LogP contribution in [0.5, 0.6) is 5.75 Å². The van der Waals surface area contributed by atoms with E-state index in [0.717, 1.165) is 11.1 Å². The second-order valence-corrected chi connectivity index (χ2v) is 5.26. The van der Waals surface area contributed by atoms with Crippen molar-refractivity contribution in [3.8, 4) is 5.75 Å². The zero-order valence-corrected chi connectivity index (χ0v) is 12.2. The summed E-state index contributed by atoms with van der Waals surface area (Å²) in [6.45, 7) is 4.09. The van der Waals surface area contributed by atoms with E-state index in [-0.39, 0.29) is 11.9 Å². The monoisotopic (exact) mass is 293 g/mol. The third kappa shape index (κ3) is 3.50. The third-order valence-corrected chi connectivity index (χ3v) is 3.41. The molecule has 1 atom stereocenters. The van der Waals surface area contributed by atoms with Crippen molar-refractivity contribution in [2.24, 2.45) is 5.73 Å². The zero-order chi connectivity index (χ0) is 14.7. The van der Waals surface area contributed by atoms with Gasteiger partial charge in [-0.2, -0.15) is 0 Å². The summed E-state index contributed by atoms with van der Waals surface area (Å²) in [5, 5.41) is 0.662. The number of rotatable bonds is 4. The molecule has 0 bridgehead atoms. The van der Waals surface area contributed by atoms with Gasteiger partial charge in [-0.05, 0) is 43.7 Å². The molecule has 0 fully saturated rings. The van der Waals surface area contributed by atoms with Crippen LogP contribution in [-0.4, -0.2) is 0 Å². The minimum absolute atomic E-state index is 0.297. The number of hydrogen-bond donors (Lipinski definition) is 1. The molecule has 20 heavy (non-hydrogen) atoms. The van der Waals surface area contributed by atoms with Gasteiger partial charge in [0.2, 0.25) is 0 Å². The molecule has 0 spiro atoms. The van der Waals surface area contributed by atoms with Crippen molar-refractivity contribution in [3.63, 3.8) is 0 Å². The average molecular weight is 294 g/mol. The lowest BCUT2D eigenvalue weighted by Crippen LogP contribution is -2.08. The number of aryl methyl sites for hydroxylation is 1. The van der Waals surface area contributed by atoms with Crippen LogP contribution in [0.25, 0.3) is 0 Å². The van der Waals surface area contributed by atoms with Gasteiger partial charge in [0, 0.05) is 22.2 Å². The zero-order valence-electron chi connectivity index (χ0n) is 11.5. The van der Waals surface area contributed by atoms with Gasteiger partial charge in [-0.1, -0.05) is 23.7 Å². The number of ether oxygens (including phenoxy) is 1. The summed E-state index contributed by atoms with van der Waals surface area (Å²) < 4.78 is 19.0. The molecule has 0 amide bonds. The lowest BCUT2D eigenvalue weighted by Gasteiger charge is -2.15. The molecule has 0 unspecified atom stereocenters. The van der Waals surface area contributed by atoms with Gasteiger partial charge in [0.1, 0.15) is 18.2 Å². The Hall–Kier alpha value is -1.58. The van der Waals surface area contributed by atoms with Gasteiger partial charge in [-0.15, -0.1) is 0 Å². The molecule has 0 saturated carbocycles. The first-order valence-corrected chi connectivity index (χ1v) is 6.78. The van der Waals surface area contributed by atoms with E-state index in [1.54, 1.807) is 13.0 Å². The van der Waals surface area contributed by atoms with E-state index in [2.05, 4.69) is 0 Å². The van der Waals surface area contributed by atoms with E-state index in [4.69, 9.17) is 22.1 Å². The van der Waals surface area contributed by atoms with Crippen LogP contribution in [0.1, 0.15) is 29.7 Å². The molecule has 0 aromatic heterocycles. The normalized spacial score (nSPS) is 12.2. The molecule has 0 aliphatic heterocycles. The molecule has 2 rings (SSSR count). The molecule has 0 aliphatic rings. The van der Waals surface area contributed by atoms with Crippen LogP contribution in [0.3, 0.4) is 0 Å². The molecule has 2 aromatic carbocycles. The Balaban J connectivity index is 2.18. The van der Waals surface area contributed by atoms with Crippen molar-refractivity contribution in [2.45, 2.75) is 26.5 Å². The summed E-state index contributed by atoms with van der Waals surface area (Å²) in [5.74, 6) is 0.260. The van der Waals surface area contributed by atoms with E-state index in [0.29, 0.717) is 22.9 Å². The molecule has 2 N–H and O–H groups in total. The smallest absolute Gasteiger partial charge is 0.124 e. The second kappa shape index (κ2) is 6.25. The van der Waals surface area contributed by atoms with Crippen molar-refractivity contribution in [2.75, 3.05) is 0 Å². The summed E-state index contributed by atoms with van der Waals surface area (Å²) >= 11 is 6.16. The predicted octanol–water partition coefficient (Wildman–Crippen LogP) is 4.39. The summed E-state index contributed by atoms with van der Waals surface area (Å²) in [6.07, 6.45) is 0. The number of halogens is 2. The molecule has 106 valence electrons. The van der Waals surface area contributed by atoms with Gasteiger partial charge < -0.3 is 10.5 Å². The number of nitrogens with two attached hydrogens (primary N) is 1. The summed E-state index contributed by atoms with van der Waals surface area (Å²) in [5.41, 5.74) is 8.46. The number of hydrogen-bond acceptors (Lipinski definition) is 2. The summed E-state index contributed by atoms with van der Waals surface area (Å²) in [6, 6.07) is 9.84. The standard InChI is InChI=1S/C16H17ClFNO/c1-10-3-4-12(15(17)7-10)9-20-16-6-5-13(18)8-14(16)11(2)19/h3-8,11H,9,19H2,1-2H3/t11-/m1/s1. The maximum absolute atomic E-state index is 13.2. The Kier molecular flexibility index (Phi) is 4.63. The van der Waals surface area contributed by atoms with E-state index < -0.39 is 0 Å². The molecular formula is C16H17ClFNO. The topological polar surface area (TPSA) is 35.2 Å². The van der Waals surface area contributed by atoms with Crippen molar-refractivity contribution in [3.05, 3.63) is 63.9 Å². The lowest BCUT2D eigenvalue weighted by molar-refractivity contribution is 0.301. The third-order valence-electron chi connectivity index (χ3n) is 3.05. The first kappa shape index (κ1) is 14.8. The molecule has 4 heteroatoms. The highest BCUT2D eigenvalue weighted by Gasteiger charge is 2.10. The maximum atomic E-state index is 13.2. The minimum atomic E-state index is -0.321. The molecule has 2 aromatic rings. The van der Waals surface area contributed by atoms with Crippen LogP contribution in [0.2, 0.25) is 5.02 Å². The Morgan fingerprint density at radius 3 is 2.65 bits per heavy atom. The highest BCUT2D eigenvalue weighted by atomic mass is 35.5. The van der Waals surface area contributed by atoms with Crippen molar-refractivity contribution in [1.29, 1.82) is 0 Å². The first-order valence-electron chi connectivity index (χ1n) is 6.40. The van der Waals surface area contributed by atoms with Crippen LogP contribution in [0.4, 0.5) is 4.39 Å². The van der Waals surface area contributed by atoms with Gasteiger partial charge in [0.25, 0.3) is 0 Å². The van der Waals surface area contributed by atoms with Gasteiger partial charge in [0.15, 0.2) is 0 Å². The average Bonchev–Trinajstić information content (AvgIpc) is 2.38. The Bertz CT molecular complexity index is 613. The van der Waals surface area contributed by atoms with Crippen molar-refractivity contribution >= 4 is 11.6 Å². The van der Waals surface area contributed by atoms with Crippen molar-refractivity contribution in [1.82, 2.24) is 0 Å². The largest absolute Gasteiger partial charge is 0.489 e. The van der Waals surface area contributed by atoms with Crippen LogP contribution >= 0.6 is 11.6 Å². The molecule has 0 heterocycles. The minimum Gasteiger partial charge on any atom is -0.489 e. The van der Waals surface area contributed by atoms with Gasteiger partial charge in [0.05, 0.1) is 0 Å². The Labute approximate surface area is 123 Å². The molecule has 2 nitrogen and oxygen atoms in total. The molecule has 0 saturated heterocycles. The lowest BCUT2D eigenvalue weighted by atomic mass is 10.1. The fourth-order valence-corrected chi connectivity index (χ4v) is 2.22. The van der Waals surface area contributed by atoms with E-state index in [1.807, 2.05) is 25.1 Å². The second-order valence-electron chi connectivity index (χ2n) is 4.85. The summed E-state index contributed by atoms with van der Waals surface area (Å²) in [4.78, 5) is 0. The van der Waals surface area contributed by atoms with Crippen LogP contribution < -0.4 is 10.5 Å². The van der Waals surface area contributed by atoms with E-state index >= 15 is 0 Å². The SMILES string of the molecule is Cc1ccc(COc2ccc(F)cc2[C@@H](C)N)c(Cl)c1. The molecule has 0 radical (unpaired) electrons.